The van der Waals surface area contributed by atoms with Gasteiger partial charge in [0.1, 0.15) is 5.52 Å². The van der Waals surface area contributed by atoms with Gasteiger partial charge in [-0.25, -0.2) is 9.67 Å². The van der Waals surface area contributed by atoms with Gasteiger partial charge < -0.3 is 9.88 Å². The summed E-state index contributed by atoms with van der Waals surface area (Å²) >= 11 is 1.60. The van der Waals surface area contributed by atoms with Gasteiger partial charge in [0.2, 0.25) is 0 Å². The lowest BCUT2D eigenvalue weighted by Gasteiger charge is -2.07. The number of thiazole rings is 1. The molecule has 0 aliphatic rings. The summed E-state index contributed by atoms with van der Waals surface area (Å²) in [6.07, 6.45) is 1.78. The average Bonchev–Trinajstić information content (AvgIpc) is 3.08. The zero-order valence-corrected chi connectivity index (χ0v) is 14.5. The first kappa shape index (κ1) is 14.9. The van der Waals surface area contributed by atoms with E-state index in [0.717, 1.165) is 32.0 Å². The maximum Gasteiger partial charge on any atom is 0.291 e. The Labute approximate surface area is 142 Å². The second kappa shape index (κ2) is 5.45. The summed E-state index contributed by atoms with van der Waals surface area (Å²) in [4.78, 5) is 17.4. The maximum atomic E-state index is 12.9. The van der Waals surface area contributed by atoms with E-state index in [9.17, 15) is 4.79 Å². The largest absolute Gasteiger partial charge is 0.388 e. The molecule has 0 amide bonds. The van der Waals surface area contributed by atoms with Crippen LogP contribution in [0.1, 0.15) is 10.6 Å². The molecule has 0 saturated heterocycles. The number of hydrogen-bond acceptors (Lipinski definition) is 5. The SMILES string of the molecule is CNc1cccc(Cn2ncc3c4sc(C)nc4n(C)c3c2=O)c1. The number of hydrogen-bond donors (Lipinski definition) is 1. The van der Waals surface area contributed by atoms with Crippen LogP contribution in [-0.2, 0) is 13.6 Å². The minimum absolute atomic E-state index is 0.0901. The second-order valence-corrected chi connectivity index (χ2v) is 6.97. The van der Waals surface area contributed by atoms with Crippen LogP contribution in [-0.4, -0.2) is 26.4 Å². The summed E-state index contributed by atoms with van der Waals surface area (Å²) in [5.74, 6) is 0. The fourth-order valence-electron chi connectivity index (χ4n) is 3.00. The Balaban J connectivity index is 1.86. The van der Waals surface area contributed by atoms with Crippen LogP contribution >= 0.6 is 11.3 Å². The van der Waals surface area contributed by atoms with Gasteiger partial charge in [0.15, 0.2) is 5.65 Å². The molecule has 1 N–H and O–H groups in total. The molecule has 3 heterocycles. The molecule has 4 rings (SSSR count). The minimum Gasteiger partial charge on any atom is -0.388 e. The first-order valence-corrected chi connectivity index (χ1v) is 8.48. The van der Waals surface area contributed by atoms with Gasteiger partial charge in [0.25, 0.3) is 5.56 Å². The summed E-state index contributed by atoms with van der Waals surface area (Å²) in [5.41, 5.74) is 3.46. The summed E-state index contributed by atoms with van der Waals surface area (Å²) in [5, 5.41) is 9.36. The van der Waals surface area contributed by atoms with Crippen LogP contribution in [0.2, 0.25) is 0 Å². The number of fused-ring (bicyclic) bond motifs is 3. The molecule has 3 aromatic heterocycles. The summed E-state index contributed by atoms with van der Waals surface area (Å²) < 4.78 is 4.41. The highest BCUT2D eigenvalue weighted by atomic mass is 32.1. The molecule has 0 bridgehead atoms. The van der Waals surface area contributed by atoms with Crippen molar-refractivity contribution in [2.75, 3.05) is 12.4 Å². The van der Waals surface area contributed by atoms with E-state index in [-0.39, 0.29) is 5.56 Å². The third kappa shape index (κ3) is 2.20. The van der Waals surface area contributed by atoms with Crippen molar-refractivity contribution in [3.63, 3.8) is 0 Å². The number of rotatable bonds is 3. The monoisotopic (exact) mass is 339 g/mol. The Morgan fingerprint density at radius 3 is 2.96 bits per heavy atom. The van der Waals surface area contributed by atoms with E-state index in [4.69, 9.17) is 0 Å². The Morgan fingerprint density at radius 1 is 1.33 bits per heavy atom. The number of nitrogens with zero attached hydrogens (tertiary/aromatic N) is 4. The fourth-order valence-corrected chi connectivity index (χ4v) is 3.96. The zero-order chi connectivity index (χ0) is 16.8. The van der Waals surface area contributed by atoms with Gasteiger partial charge >= 0.3 is 0 Å². The van der Waals surface area contributed by atoms with Crippen LogP contribution in [0.25, 0.3) is 21.3 Å². The average molecular weight is 339 g/mol. The molecule has 0 saturated carbocycles. The molecule has 24 heavy (non-hydrogen) atoms. The van der Waals surface area contributed by atoms with E-state index in [1.54, 1.807) is 17.5 Å². The third-order valence-corrected chi connectivity index (χ3v) is 5.17. The minimum atomic E-state index is -0.0901. The van der Waals surface area contributed by atoms with Crippen LogP contribution < -0.4 is 10.9 Å². The summed E-state index contributed by atoms with van der Waals surface area (Å²) in [7, 11) is 3.76. The molecule has 4 aromatic rings. The van der Waals surface area contributed by atoms with Gasteiger partial charge in [-0.3, -0.25) is 4.79 Å². The number of aryl methyl sites for hydroxylation is 2. The van der Waals surface area contributed by atoms with E-state index in [2.05, 4.69) is 15.4 Å². The molecule has 7 heteroatoms. The highest BCUT2D eigenvalue weighted by molar-refractivity contribution is 7.19. The van der Waals surface area contributed by atoms with Crippen LogP contribution in [0.3, 0.4) is 0 Å². The van der Waals surface area contributed by atoms with Crippen molar-refractivity contribution in [2.45, 2.75) is 13.5 Å². The number of aromatic nitrogens is 4. The van der Waals surface area contributed by atoms with Gasteiger partial charge in [-0.1, -0.05) is 12.1 Å². The van der Waals surface area contributed by atoms with Gasteiger partial charge in [-0.05, 0) is 24.6 Å². The highest BCUT2D eigenvalue weighted by Crippen LogP contribution is 2.30. The Bertz CT molecular complexity index is 1120. The first-order valence-electron chi connectivity index (χ1n) is 7.67. The predicted octanol–water partition coefficient (Wildman–Crippen LogP) is 2.74. The normalized spacial score (nSPS) is 11.5. The van der Waals surface area contributed by atoms with Gasteiger partial charge in [0, 0.05) is 25.2 Å². The molecule has 1 aromatic carbocycles. The molecule has 0 radical (unpaired) electrons. The smallest absolute Gasteiger partial charge is 0.291 e. The zero-order valence-electron chi connectivity index (χ0n) is 13.7. The quantitative estimate of drug-likeness (QED) is 0.623. The number of nitrogens with one attached hydrogen (secondary N) is 1. The van der Waals surface area contributed by atoms with E-state index < -0.39 is 0 Å². The van der Waals surface area contributed by atoms with E-state index in [1.165, 1.54) is 4.68 Å². The Hall–Kier alpha value is -2.67. The van der Waals surface area contributed by atoms with E-state index in [0.29, 0.717) is 12.1 Å². The van der Waals surface area contributed by atoms with Gasteiger partial charge in [-0.15, -0.1) is 11.3 Å². The third-order valence-electron chi connectivity index (χ3n) is 4.18. The molecule has 0 fully saturated rings. The van der Waals surface area contributed by atoms with Crippen molar-refractivity contribution in [1.82, 2.24) is 19.3 Å². The standard InChI is InChI=1S/C17H17N5OS/c1-10-20-16-15(24-10)13-8-19-22(17(23)14(13)21(16)3)9-11-5-4-6-12(7-11)18-2/h4-8,18H,9H2,1-3H3. The topological polar surface area (TPSA) is 64.7 Å². The van der Waals surface area contributed by atoms with Crippen LogP contribution in [0.15, 0.2) is 35.3 Å². The maximum absolute atomic E-state index is 12.9. The summed E-state index contributed by atoms with van der Waals surface area (Å²) in [6.45, 7) is 2.41. The van der Waals surface area contributed by atoms with E-state index >= 15 is 0 Å². The molecule has 0 spiro atoms. The van der Waals surface area contributed by atoms with Crippen molar-refractivity contribution in [3.05, 3.63) is 51.4 Å². The fraction of sp³-hybridized carbons (Fsp3) is 0.235. The molecule has 0 atom stereocenters. The van der Waals surface area contributed by atoms with Crippen LogP contribution in [0.4, 0.5) is 5.69 Å². The van der Waals surface area contributed by atoms with Crippen molar-refractivity contribution in [2.24, 2.45) is 7.05 Å². The Kier molecular flexibility index (Phi) is 3.38. The summed E-state index contributed by atoms with van der Waals surface area (Å²) in [6, 6.07) is 7.97. The molecule has 0 aliphatic carbocycles. The van der Waals surface area contributed by atoms with Crippen molar-refractivity contribution in [1.29, 1.82) is 0 Å². The van der Waals surface area contributed by atoms with Crippen LogP contribution in [0, 0.1) is 6.92 Å². The van der Waals surface area contributed by atoms with Crippen molar-refractivity contribution in [3.8, 4) is 0 Å². The van der Waals surface area contributed by atoms with E-state index in [1.807, 2.05) is 49.9 Å². The van der Waals surface area contributed by atoms with Crippen molar-refractivity contribution >= 4 is 38.3 Å². The molecule has 0 unspecified atom stereocenters. The lowest BCUT2D eigenvalue weighted by Crippen LogP contribution is -2.24. The van der Waals surface area contributed by atoms with Gasteiger partial charge in [-0.2, -0.15) is 5.10 Å². The lowest BCUT2D eigenvalue weighted by molar-refractivity contribution is 0.644. The Morgan fingerprint density at radius 2 is 2.17 bits per heavy atom. The van der Waals surface area contributed by atoms with Crippen LogP contribution in [0.5, 0.6) is 0 Å². The molecule has 0 aliphatic heterocycles. The molecule has 122 valence electrons. The second-order valence-electron chi connectivity index (χ2n) is 5.76. The number of anilines is 1. The predicted molar refractivity (Wildman–Crippen MR) is 98.0 cm³/mol. The molecule has 6 nitrogen and oxygen atoms in total. The highest BCUT2D eigenvalue weighted by Gasteiger charge is 2.17. The number of benzene rings is 1. The molecular weight excluding hydrogens is 322 g/mol. The first-order chi connectivity index (χ1) is 11.6. The van der Waals surface area contributed by atoms with Gasteiger partial charge in [0.05, 0.1) is 22.4 Å². The van der Waals surface area contributed by atoms with Crippen molar-refractivity contribution < 1.29 is 0 Å². The molecular formula is C17H17N5OS. The lowest BCUT2D eigenvalue weighted by atomic mass is 10.2.